The van der Waals surface area contributed by atoms with Gasteiger partial charge in [-0.3, -0.25) is 0 Å². The van der Waals surface area contributed by atoms with Gasteiger partial charge in [0.1, 0.15) is 0 Å². The molecule has 0 unspecified atom stereocenters. The molecule has 0 aliphatic heterocycles. The van der Waals surface area contributed by atoms with Gasteiger partial charge in [0.15, 0.2) is 0 Å². The number of allylic oxidation sites excluding steroid dienone is 2. The Balaban J connectivity index is 3.13. The molecule has 0 aromatic carbocycles. The smallest absolute Gasteiger partial charge is 0.00970 e. The predicted molar refractivity (Wildman–Crippen MR) is 93.1 cm³/mol. The minimum absolute atomic E-state index is 0.0248. The van der Waals surface area contributed by atoms with Crippen molar-refractivity contribution < 1.29 is 0 Å². The Morgan fingerprint density at radius 2 is 1.15 bits per heavy atom. The van der Waals surface area contributed by atoms with Gasteiger partial charge in [-0.05, 0) is 46.0 Å². The molecule has 0 aliphatic carbocycles. The van der Waals surface area contributed by atoms with E-state index in [1.807, 2.05) is 0 Å². The Morgan fingerprint density at radius 1 is 0.700 bits per heavy atom. The Hall–Kier alpha value is -0.300. The van der Waals surface area contributed by atoms with Gasteiger partial charge < -0.3 is 5.73 Å². The summed E-state index contributed by atoms with van der Waals surface area (Å²) in [5, 5.41) is 0. The average molecular weight is 282 g/mol. The molecule has 2 N–H and O–H groups in total. The lowest BCUT2D eigenvalue weighted by atomic mass is 9.97. The SMILES string of the molecule is CCCCCCCC/C=C/CCCCCCC(C)(C)N. The number of hydrogen-bond donors (Lipinski definition) is 1. The molecule has 0 heterocycles. The monoisotopic (exact) mass is 281 g/mol. The van der Waals surface area contributed by atoms with Crippen molar-refractivity contribution in [3.8, 4) is 0 Å². The van der Waals surface area contributed by atoms with E-state index in [0.717, 1.165) is 6.42 Å². The van der Waals surface area contributed by atoms with Crippen LogP contribution in [-0.2, 0) is 0 Å². The molecule has 120 valence electrons. The third-order valence-electron chi connectivity index (χ3n) is 3.83. The van der Waals surface area contributed by atoms with Crippen LogP contribution < -0.4 is 5.73 Å². The lowest BCUT2D eigenvalue weighted by Gasteiger charge is -2.17. The van der Waals surface area contributed by atoms with Crippen molar-refractivity contribution in [2.45, 2.75) is 110 Å². The molecule has 0 saturated carbocycles. The van der Waals surface area contributed by atoms with Crippen LogP contribution in [0.5, 0.6) is 0 Å². The standard InChI is InChI=1S/C19H39N/c1-4-5-6-7-8-9-10-11-12-13-14-15-16-17-18-19(2,3)20/h11-12H,4-10,13-18,20H2,1-3H3/b12-11+. The van der Waals surface area contributed by atoms with E-state index in [9.17, 15) is 0 Å². The lowest BCUT2D eigenvalue weighted by molar-refractivity contribution is 0.443. The molecule has 0 bridgehead atoms. The molecule has 0 spiro atoms. The summed E-state index contributed by atoms with van der Waals surface area (Å²) in [6.45, 7) is 6.52. The first-order valence-corrected chi connectivity index (χ1v) is 9.00. The molecule has 0 saturated heterocycles. The van der Waals surface area contributed by atoms with Crippen molar-refractivity contribution in [2.24, 2.45) is 5.73 Å². The van der Waals surface area contributed by atoms with Crippen LogP contribution in [0.4, 0.5) is 0 Å². The highest BCUT2D eigenvalue weighted by atomic mass is 14.7. The molecule has 0 atom stereocenters. The molecule has 0 fully saturated rings. The minimum atomic E-state index is 0.0248. The van der Waals surface area contributed by atoms with Crippen molar-refractivity contribution >= 4 is 0 Å². The van der Waals surface area contributed by atoms with E-state index >= 15 is 0 Å². The van der Waals surface area contributed by atoms with Gasteiger partial charge in [-0.1, -0.05) is 70.4 Å². The highest BCUT2D eigenvalue weighted by Gasteiger charge is 2.08. The first-order valence-electron chi connectivity index (χ1n) is 9.00. The van der Waals surface area contributed by atoms with Gasteiger partial charge in [0.05, 0.1) is 0 Å². The van der Waals surface area contributed by atoms with Crippen molar-refractivity contribution in [2.75, 3.05) is 0 Å². The molecular weight excluding hydrogens is 242 g/mol. The van der Waals surface area contributed by atoms with Crippen LogP contribution in [0, 0.1) is 0 Å². The second-order valence-corrected chi connectivity index (χ2v) is 6.97. The van der Waals surface area contributed by atoms with E-state index in [-0.39, 0.29) is 5.54 Å². The summed E-state index contributed by atoms with van der Waals surface area (Å²) in [6, 6.07) is 0. The zero-order valence-corrected chi connectivity index (χ0v) is 14.4. The van der Waals surface area contributed by atoms with E-state index in [1.165, 1.54) is 77.0 Å². The number of unbranched alkanes of at least 4 members (excludes halogenated alkanes) is 10. The van der Waals surface area contributed by atoms with Crippen LogP contribution in [0.1, 0.15) is 104 Å². The second kappa shape index (κ2) is 13.7. The number of hydrogen-bond acceptors (Lipinski definition) is 1. The summed E-state index contributed by atoms with van der Waals surface area (Å²) in [4.78, 5) is 0. The van der Waals surface area contributed by atoms with Crippen molar-refractivity contribution in [3.05, 3.63) is 12.2 Å². The molecule has 1 heteroatoms. The molecule has 0 radical (unpaired) electrons. The summed E-state index contributed by atoms with van der Waals surface area (Å²) in [6.07, 6.45) is 22.2. The molecule has 20 heavy (non-hydrogen) atoms. The Bertz CT molecular complexity index is 212. The summed E-state index contributed by atoms with van der Waals surface area (Å²) in [5.41, 5.74) is 6.00. The largest absolute Gasteiger partial charge is 0.326 e. The summed E-state index contributed by atoms with van der Waals surface area (Å²) < 4.78 is 0. The molecule has 0 rings (SSSR count). The molecular formula is C19H39N. The molecule has 0 aromatic heterocycles. The fourth-order valence-electron chi connectivity index (χ4n) is 2.47. The lowest BCUT2D eigenvalue weighted by Crippen LogP contribution is -2.31. The highest BCUT2D eigenvalue weighted by Crippen LogP contribution is 2.13. The van der Waals surface area contributed by atoms with Gasteiger partial charge in [-0.2, -0.15) is 0 Å². The zero-order chi connectivity index (χ0) is 15.1. The second-order valence-electron chi connectivity index (χ2n) is 6.97. The number of rotatable bonds is 14. The van der Waals surface area contributed by atoms with E-state index in [4.69, 9.17) is 5.73 Å². The summed E-state index contributed by atoms with van der Waals surface area (Å²) in [7, 11) is 0. The maximum absolute atomic E-state index is 5.97. The van der Waals surface area contributed by atoms with Gasteiger partial charge in [0.2, 0.25) is 0 Å². The van der Waals surface area contributed by atoms with E-state index in [2.05, 4.69) is 32.9 Å². The Kier molecular flexibility index (Phi) is 13.5. The van der Waals surface area contributed by atoms with Crippen LogP contribution in [0.15, 0.2) is 12.2 Å². The van der Waals surface area contributed by atoms with E-state index in [0.29, 0.717) is 0 Å². The summed E-state index contributed by atoms with van der Waals surface area (Å²) >= 11 is 0. The van der Waals surface area contributed by atoms with Crippen molar-refractivity contribution in [1.29, 1.82) is 0 Å². The van der Waals surface area contributed by atoms with Gasteiger partial charge in [0.25, 0.3) is 0 Å². The van der Waals surface area contributed by atoms with Crippen molar-refractivity contribution in [1.82, 2.24) is 0 Å². The van der Waals surface area contributed by atoms with E-state index < -0.39 is 0 Å². The third kappa shape index (κ3) is 17.7. The molecule has 0 aliphatic rings. The molecule has 0 amide bonds. The van der Waals surface area contributed by atoms with Gasteiger partial charge in [0, 0.05) is 5.54 Å². The maximum Gasteiger partial charge on any atom is 0.00970 e. The fraction of sp³-hybridized carbons (Fsp3) is 0.895. The zero-order valence-electron chi connectivity index (χ0n) is 14.4. The van der Waals surface area contributed by atoms with Crippen LogP contribution in [0.2, 0.25) is 0 Å². The quantitative estimate of drug-likeness (QED) is 0.290. The van der Waals surface area contributed by atoms with E-state index in [1.54, 1.807) is 0 Å². The number of nitrogens with two attached hydrogens (primary N) is 1. The highest BCUT2D eigenvalue weighted by molar-refractivity contribution is 4.81. The first kappa shape index (κ1) is 19.7. The Labute approximate surface area is 128 Å². The first-order chi connectivity index (χ1) is 9.56. The molecule has 0 aromatic rings. The van der Waals surface area contributed by atoms with Crippen LogP contribution in [-0.4, -0.2) is 5.54 Å². The third-order valence-corrected chi connectivity index (χ3v) is 3.83. The Morgan fingerprint density at radius 3 is 1.65 bits per heavy atom. The predicted octanol–water partition coefficient (Wildman–Crippen LogP) is 6.37. The van der Waals surface area contributed by atoms with Crippen LogP contribution >= 0.6 is 0 Å². The minimum Gasteiger partial charge on any atom is -0.326 e. The normalized spacial score (nSPS) is 12.4. The van der Waals surface area contributed by atoms with Crippen molar-refractivity contribution in [3.63, 3.8) is 0 Å². The van der Waals surface area contributed by atoms with Crippen LogP contribution in [0.3, 0.4) is 0 Å². The average Bonchev–Trinajstić information content (AvgIpc) is 2.38. The van der Waals surface area contributed by atoms with Crippen LogP contribution in [0.25, 0.3) is 0 Å². The summed E-state index contributed by atoms with van der Waals surface area (Å²) in [5.74, 6) is 0. The molecule has 1 nitrogen and oxygen atoms in total. The van der Waals surface area contributed by atoms with Gasteiger partial charge in [-0.25, -0.2) is 0 Å². The van der Waals surface area contributed by atoms with Gasteiger partial charge in [-0.15, -0.1) is 0 Å². The van der Waals surface area contributed by atoms with Gasteiger partial charge >= 0.3 is 0 Å². The maximum atomic E-state index is 5.97. The fourth-order valence-corrected chi connectivity index (χ4v) is 2.47. The topological polar surface area (TPSA) is 26.0 Å².